The van der Waals surface area contributed by atoms with Crippen molar-refractivity contribution in [2.75, 3.05) is 31.9 Å². The molecule has 1 N–H and O–H groups in total. The van der Waals surface area contributed by atoms with Gasteiger partial charge < -0.3 is 5.32 Å². The predicted molar refractivity (Wildman–Crippen MR) is 89.5 cm³/mol. The maximum absolute atomic E-state index is 3.46. The number of hydrogen-bond donors (Lipinski definition) is 1. The molecule has 0 atom stereocenters. The van der Waals surface area contributed by atoms with E-state index in [4.69, 9.17) is 0 Å². The molecule has 20 heavy (non-hydrogen) atoms. The molecule has 0 radical (unpaired) electrons. The fourth-order valence-corrected chi connectivity index (χ4v) is 3.66. The minimum absolute atomic E-state index is 0.654. The van der Waals surface area contributed by atoms with Gasteiger partial charge in [0.2, 0.25) is 0 Å². The van der Waals surface area contributed by atoms with Gasteiger partial charge in [-0.25, -0.2) is 0 Å². The van der Waals surface area contributed by atoms with E-state index in [9.17, 15) is 0 Å². The summed E-state index contributed by atoms with van der Waals surface area (Å²) < 4.78 is 0. The maximum atomic E-state index is 3.46. The highest BCUT2D eigenvalue weighted by molar-refractivity contribution is 7.99. The number of hydrogen-bond acceptors (Lipinski definition) is 3. The van der Waals surface area contributed by atoms with Gasteiger partial charge in [0.15, 0.2) is 0 Å². The van der Waals surface area contributed by atoms with Crippen molar-refractivity contribution in [1.82, 2.24) is 10.2 Å². The van der Waals surface area contributed by atoms with E-state index in [1.165, 1.54) is 49.7 Å². The Balaban J connectivity index is 1.74. The quantitative estimate of drug-likeness (QED) is 0.775. The monoisotopic (exact) mass is 292 g/mol. The van der Waals surface area contributed by atoms with Crippen molar-refractivity contribution in [3.05, 3.63) is 30.3 Å². The summed E-state index contributed by atoms with van der Waals surface area (Å²) in [7, 11) is 0. The molecule has 0 saturated carbocycles. The van der Waals surface area contributed by atoms with Crippen LogP contribution in [0.3, 0.4) is 0 Å². The van der Waals surface area contributed by atoms with Crippen molar-refractivity contribution in [1.29, 1.82) is 0 Å². The lowest BCUT2D eigenvalue weighted by Crippen LogP contribution is -2.40. The second kappa shape index (κ2) is 8.71. The van der Waals surface area contributed by atoms with Crippen LogP contribution in [0.2, 0.25) is 0 Å². The smallest absolute Gasteiger partial charge is 0.0108 e. The third-order valence-corrected chi connectivity index (χ3v) is 5.06. The lowest BCUT2D eigenvalue weighted by atomic mass is 9.97. The van der Waals surface area contributed by atoms with Crippen molar-refractivity contribution in [3.8, 4) is 0 Å². The van der Waals surface area contributed by atoms with Gasteiger partial charge in [-0.3, -0.25) is 4.90 Å². The molecule has 1 saturated heterocycles. The standard InChI is InChI=1S/C17H28N2S/c1-15(2)19(14-16-8-10-18-11-9-16)12-13-20-17-6-4-3-5-7-17/h3-7,15-16,18H,8-14H2,1-2H3. The van der Waals surface area contributed by atoms with Crippen molar-refractivity contribution < 1.29 is 0 Å². The Labute approximate surface area is 128 Å². The number of piperidine rings is 1. The van der Waals surface area contributed by atoms with Crippen LogP contribution in [0.1, 0.15) is 26.7 Å². The molecule has 1 fully saturated rings. The van der Waals surface area contributed by atoms with E-state index in [0.717, 1.165) is 5.92 Å². The maximum Gasteiger partial charge on any atom is 0.0108 e. The first-order valence-corrected chi connectivity index (χ1v) is 8.87. The highest BCUT2D eigenvalue weighted by Crippen LogP contribution is 2.19. The van der Waals surface area contributed by atoms with Gasteiger partial charge in [-0.2, -0.15) is 0 Å². The van der Waals surface area contributed by atoms with Gasteiger partial charge >= 0.3 is 0 Å². The molecule has 1 aliphatic rings. The first-order chi connectivity index (χ1) is 9.75. The molecule has 0 aromatic heterocycles. The van der Waals surface area contributed by atoms with Gasteiger partial charge in [-0.1, -0.05) is 18.2 Å². The lowest BCUT2D eigenvalue weighted by Gasteiger charge is -2.32. The Hall–Kier alpha value is -0.510. The van der Waals surface area contributed by atoms with E-state index in [-0.39, 0.29) is 0 Å². The summed E-state index contributed by atoms with van der Waals surface area (Å²) in [5.41, 5.74) is 0. The number of nitrogens with one attached hydrogen (secondary N) is 1. The normalized spacial score (nSPS) is 17.0. The molecule has 0 spiro atoms. The van der Waals surface area contributed by atoms with E-state index in [0.29, 0.717) is 6.04 Å². The summed E-state index contributed by atoms with van der Waals surface area (Å²) in [5, 5.41) is 3.46. The second-order valence-corrected chi connectivity index (χ2v) is 7.11. The summed E-state index contributed by atoms with van der Waals surface area (Å²) in [6, 6.07) is 11.4. The zero-order valence-electron chi connectivity index (χ0n) is 12.8. The van der Waals surface area contributed by atoms with Crippen LogP contribution < -0.4 is 5.32 Å². The highest BCUT2D eigenvalue weighted by atomic mass is 32.2. The Morgan fingerprint density at radius 1 is 1.20 bits per heavy atom. The molecular weight excluding hydrogens is 264 g/mol. The van der Waals surface area contributed by atoms with Gasteiger partial charge in [-0.15, -0.1) is 11.8 Å². The van der Waals surface area contributed by atoms with E-state index in [1.54, 1.807) is 0 Å². The first kappa shape index (κ1) is 15.9. The Bertz CT molecular complexity index is 361. The summed E-state index contributed by atoms with van der Waals surface area (Å²) in [4.78, 5) is 4.05. The molecule has 2 rings (SSSR count). The van der Waals surface area contributed by atoms with E-state index in [2.05, 4.69) is 54.4 Å². The summed E-state index contributed by atoms with van der Waals surface area (Å²) >= 11 is 1.97. The van der Waals surface area contributed by atoms with Gasteiger partial charge in [0.1, 0.15) is 0 Å². The average molecular weight is 292 g/mol. The van der Waals surface area contributed by atoms with Crippen molar-refractivity contribution in [2.45, 2.75) is 37.6 Å². The van der Waals surface area contributed by atoms with Gasteiger partial charge in [0.05, 0.1) is 0 Å². The Kier molecular flexibility index (Phi) is 6.91. The Morgan fingerprint density at radius 2 is 1.90 bits per heavy atom. The van der Waals surface area contributed by atoms with Crippen LogP contribution in [0.25, 0.3) is 0 Å². The molecule has 1 aliphatic heterocycles. The third-order valence-electron chi connectivity index (χ3n) is 4.07. The van der Waals surface area contributed by atoms with Crippen molar-refractivity contribution >= 4 is 11.8 Å². The molecule has 0 unspecified atom stereocenters. The zero-order chi connectivity index (χ0) is 14.2. The van der Waals surface area contributed by atoms with Gasteiger partial charge in [0.25, 0.3) is 0 Å². The van der Waals surface area contributed by atoms with Gasteiger partial charge in [0, 0.05) is 29.8 Å². The van der Waals surface area contributed by atoms with E-state index >= 15 is 0 Å². The summed E-state index contributed by atoms with van der Waals surface area (Å²) in [5.74, 6) is 2.08. The number of nitrogens with zero attached hydrogens (tertiary/aromatic N) is 1. The fraction of sp³-hybridized carbons (Fsp3) is 0.647. The van der Waals surface area contributed by atoms with Gasteiger partial charge in [-0.05, 0) is 57.8 Å². The molecule has 3 heteroatoms. The highest BCUT2D eigenvalue weighted by Gasteiger charge is 2.18. The first-order valence-electron chi connectivity index (χ1n) is 7.88. The van der Waals surface area contributed by atoms with Crippen LogP contribution >= 0.6 is 11.8 Å². The molecule has 0 aliphatic carbocycles. The van der Waals surface area contributed by atoms with Crippen molar-refractivity contribution in [3.63, 3.8) is 0 Å². The number of benzene rings is 1. The minimum Gasteiger partial charge on any atom is -0.317 e. The van der Waals surface area contributed by atoms with E-state index < -0.39 is 0 Å². The fourth-order valence-electron chi connectivity index (χ4n) is 2.75. The number of rotatable bonds is 7. The summed E-state index contributed by atoms with van der Waals surface area (Å²) in [6.07, 6.45) is 2.68. The predicted octanol–water partition coefficient (Wildman–Crippen LogP) is 3.49. The average Bonchev–Trinajstić information content (AvgIpc) is 2.48. The molecular formula is C17H28N2S. The third kappa shape index (κ3) is 5.47. The van der Waals surface area contributed by atoms with Crippen molar-refractivity contribution in [2.24, 2.45) is 5.92 Å². The molecule has 112 valence electrons. The van der Waals surface area contributed by atoms with Crippen LogP contribution in [-0.4, -0.2) is 42.9 Å². The molecule has 0 bridgehead atoms. The van der Waals surface area contributed by atoms with Crippen LogP contribution in [-0.2, 0) is 0 Å². The van der Waals surface area contributed by atoms with E-state index in [1.807, 2.05) is 11.8 Å². The largest absolute Gasteiger partial charge is 0.317 e. The van der Waals surface area contributed by atoms with Crippen LogP contribution in [0.5, 0.6) is 0 Å². The lowest BCUT2D eigenvalue weighted by molar-refractivity contribution is 0.179. The number of thioether (sulfide) groups is 1. The van der Waals surface area contributed by atoms with Crippen LogP contribution in [0.4, 0.5) is 0 Å². The molecule has 1 aromatic rings. The van der Waals surface area contributed by atoms with Crippen LogP contribution in [0.15, 0.2) is 35.2 Å². The summed E-state index contributed by atoms with van der Waals surface area (Å²) in [6.45, 7) is 9.53. The second-order valence-electron chi connectivity index (χ2n) is 5.94. The topological polar surface area (TPSA) is 15.3 Å². The Morgan fingerprint density at radius 3 is 2.55 bits per heavy atom. The zero-order valence-corrected chi connectivity index (χ0v) is 13.7. The van der Waals surface area contributed by atoms with Crippen LogP contribution in [0, 0.1) is 5.92 Å². The minimum atomic E-state index is 0.654. The molecule has 1 aromatic carbocycles. The molecule has 0 amide bonds. The molecule has 1 heterocycles. The molecule has 2 nitrogen and oxygen atoms in total. The SMILES string of the molecule is CC(C)N(CCSc1ccccc1)CC1CCNCC1.